The number of pyridine rings is 1. The van der Waals surface area contributed by atoms with Gasteiger partial charge in [0.2, 0.25) is 0 Å². The Balaban J connectivity index is 1.19. The van der Waals surface area contributed by atoms with Gasteiger partial charge < -0.3 is 19.5 Å². The van der Waals surface area contributed by atoms with Gasteiger partial charge in [-0.15, -0.1) is 0 Å². The fourth-order valence-electron chi connectivity index (χ4n) is 5.36. The largest absolute Gasteiger partial charge is 0.489 e. The second-order valence-corrected chi connectivity index (χ2v) is 11.2. The van der Waals surface area contributed by atoms with Crippen molar-refractivity contribution in [3.63, 3.8) is 0 Å². The minimum absolute atomic E-state index is 0.0533. The summed E-state index contributed by atoms with van der Waals surface area (Å²) in [6, 6.07) is 14.0. The molecule has 0 saturated heterocycles. The van der Waals surface area contributed by atoms with Gasteiger partial charge in [0.1, 0.15) is 23.8 Å². The predicted octanol–water partition coefficient (Wildman–Crippen LogP) is 7.27. The van der Waals surface area contributed by atoms with Crippen molar-refractivity contribution in [2.75, 3.05) is 0 Å². The van der Waals surface area contributed by atoms with E-state index in [0.717, 1.165) is 35.3 Å². The molecule has 0 atom stereocenters. The van der Waals surface area contributed by atoms with E-state index in [2.05, 4.69) is 10.1 Å². The molecule has 7 nitrogen and oxygen atoms in total. The Morgan fingerprint density at radius 1 is 1.10 bits per heavy atom. The zero-order valence-electron chi connectivity index (χ0n) is 21.2. The smallest absolute Gasteiger partial charge is 0.335 e. The van der Waals surface area contributed by atoms with E-state index in [1.54, 1.807) is 24.3 Å². The molecule has 39 heavy (non-hydrogen) atoms. The van der Waals surface area contributed by atoms with Crippen molar-refractivity contribution in [2.45, 2.75) is 56.7 Å². The molecule has 0 spiro atoms. The van der Waals surface area contributed by atoms with Crippen molar-refractivity contribution < 1.29 is 24.3 Å². The van der Waals surface area contributed by atoms with Crippen molar-refractivity contribution >= 4 is 29.2 Å². The number of aromatic nitrogens is 2. The van der Waals surface area contributed by atoms with Crippen molar-refractivity contribution in [2.24, 2.45) is 0 Å². The van der Waals surface area contributed by atoms with Crippen LogP contribution in [0.1, 0.15) is 76.0 Å². The Labute approximate surface area is 235 Å². The van der Waals surface area contributed by atoms with Gasteiger partial charge in [-0.3, -0.25) is 4.98 Å². The number of carboxylic acid groups (broad SMARTS) is 1. The quantitative estimate of drug-likeness (QED) is 0.231. The van der Waals surface area contributed by atoms with E-state index >= 15 is 0 Å². The Kier molecular flexibility index (Phi) is 6.61. The zero-order chi connectivity index (χ0) is 27.3. The summed E-state index contributed by atoms with van der Waals surface area (Å²) in [6.45, 7) is 2.23. The van der Waals surface area contributed by atoms with E-state index in [1.807, 2.05) is 25.1 Å². The van der Waals surface area contributed by atoms with Crippen LogP contribution in [0.2, 0.25) is 10.0 Å². The lowest BCUT2D eigenvalue weighted by molar-refractivity contribution is -0.0558. The van der Waals surface area contributed by atoms with Gasteiger partial charge in [0.25, 0.3) is 0 Å². The molecule has 4 aromatic rings. The molecular formula is C30H26Cl2N2O5. The molecule has 0 bridgehead atoms. The second kappa shape index (κ2) is 9.97. The third-order valence-electron chi connectivity index (χ3n) is 7.67. The van der Waals surface area contributed by atoms with Gasteiger partial charge in [-0.2, -0.15) is 0 Å². The fourth-order valence-corrected chi connectivity index (χ4v) is 6.02. The summed E-state index contributed by atoms with van der Waals surface area (Å²) in [5, 5.41) is 25.9. The second-order valence-electron chi connectivity index (χ2n) is 10.4. The summed E-state index contributed by atoms with van der Waals surface area (Å²) >= 11 is 13.2. The lowest BCUT2D eigenvalue weighted by Gasteiger charge is -2.44. The molecule has 2 aromatic carbocycles. The van der Waals surface area contributed by atoms with E-state index < -0.39 is 11.6 Å². The fraction of sp³-hybridized carbons (Fsp3) is 0.300. The molecule has 2 N–H and O–H groups in total. The molecule has 2 aromatic heterocycles. The van der Waals surface area contributed by atoms with Gasteiger partial charge >= 0.3 is 5.97 Å². The van der Waals surface area contributed by atoms with Gasteiger partial charge in [0.05, 0.1) is 26.8 Å². The topological polar surface area (TPSA) is 106 Å². The summed E-state index contributed by atoms with van der Waals surface area (Å²) in [5.74, 6) is 0.676. The molecule has 0 amide bonds. The van der Waals surface area contributed by atoms with Gasteiger partial charge in [0.15, 0.2) is 0 Å². The molecule has 2 heterocycles. The van der Waals surface area contributed by atoms with Gasteiger partial charge in [-0.05, 0) is 68.5 Å². The Bertz CT molecular complexity index is 1550. The lowest BCUT2D eigenvalue weighted by atomic mass is 9.66. The Hall–Kier alpha value is -3.39. The molecule has 6 rings (SSSR count). The van der Waals surface area contributed by atoms with Crippen LogP contribution in [-0.2, 0) is 12.2 Å². The summed E-state index contributed by atoms with van der Waals surface area (Å²) < 4.78 is 11.9. The summed E-state index contributed by atoms with van der Waals surface area (Å²) in [6.07, 6.45) is 4.39. The molecule has 0 unspecified atom stereocenters. The van der Waals surface area contributed by atoms with Gasteiger partial charge in [-0.1, -0.05) is 46.6 Å². The van der Waals surface area contributed by atoms with E-state index in [0.29, 0.717) is 51.5 Å². The third kappa shape index (κ3) is 4.91. The van der Waals surface area contributed by atoms with Crippen LogP contribution in [0.5, 0.6) is 5.75 Å². The zero-order valence-corrected chi connectivity index (χ0v) is 22.7. The maximum absolute atomic E-state index is 11.3. The number of carbonyl (C=O) groups is 1. The number of halogens is 2. The van der Waals surface area contributed by atoms with E-state index in [-0.39, 0.29) is 18.1 Å². The summed E-state index contributed by atoms with van der Waals surface area (Å²) in [4.78, 5) is 15.6. The molecule has 0 radical (unpaired) electrons. The summed E-state index contributed by atoms with van der Waals surface area (Å²) in [7, 11) is 0. The van der Waals surface area contributed by atoms with E-state index in [1.165, 1.54) is 12.3 Å². The van der Waals surface area contributed by atoms with Crippen LogP contribution in [0, 0.1) is 6.92 Å². The highest BCUT2D eigenvalue weighted by Gasteiger charge is 2.46. The molecular weight excluding hydrogens is 539 g/mol. The number of nitrogens with zero attached hydrogens (tertiary/aromatic N) is 2. The standard InChI is InChI=1S/C30H26Cl2N2O5/c1-16-3-2-4-23(31)26(16)27-21(28(39-34-27)17-5-6-17)15-38-20-7-8-22(24(32)12-20)30(37)13-19(14-30)25-11-18(29(35)36)9-10-33-25/h2-4,7-12,17,19,37H,5-6,13-15H2,1H3,(H,35,36). The number of aliphatic hydroxyl groups is 1. The highest BCUT2D eigenvalue weighted by Crippen LogP contribution is 2.52. The molecule has 2 fully saturated rings. The van der Waals surface area contributed by atoms with Crippen LogP contribution in [-0.4, -0.2) is 26.3 Å². The molecule has 2 saturated carbocycles. The number of aromatic carboxylic acids is 1. The van der Waals surface area contributed by atoms with Crippen LogP contribution in [0.25, 0.3) is 11.3 Å². The first-order valence-corrected chi connectivity index (χ1v) is 13.6. The number of rotatable bonds is 8. The normalized spacial score (nSPS) is 20.5. The Morgan fingerprint density at radius 3 is 2.59 bits per heavy atom. The number of carboxylic acids is 1. The van der Waals surface area contributed by atoms with Gasteiger partial charge in [-0.25, -0.2) is 4.79 Å². The van der Waals surface area contributed by atoms with Crippen molar-refractivity contribution in [3.05, 3.63) is 98.5 Å². The first-order chi connectivity index (χ1) is 18.7. The summed E-state index contributed by atoms with van der Waals surface area (Å²) in [5.41, 5.74) is 3.74. The van der Waals surface area contributed by atoms with Gasteiger partial charge in [0, 0.05) is 34.9 Å². The van der Waals surface area contributed by atoms with Crippen LogP contribution >= 0.6 is 23.2 Å². The van der Waals surface area contributed by atoms with Crippen LogP contribution in [0.15, 0.2) is 59.3 Å². The molecule has 9 heteroatoms. The minimum atomic E-state index is -1.12. The number of ether oxygens (including phenoxy) is 1. The van der Waals surface area contributed by atoms with Crippen molar-refractivity contribution in [3.8, 4) is 17.0 Å². The predicted molar refractivity (Wildman–Crippen MR) is 147 cm³/mol. The maximum atomic E-state index is 11.3. The number of benzene rings is 2. The van der Waals surface area contributed by atoms with Crippen molar-refractivity contribution in [1.82, 2.24) is 10.1 Å². The van der Waals surface area contributed by atoms with Crippen molar-refractivity contribution in [1.29, 1.82) is 0 Å². The Morgan fingerprint density at radius 2 is 1.90 bits per heavy atom. The number of hydrogen-bond donors (Lipinski definition) is 2. The SMILES string of the molecule is Cc1cccc(Cl)c1-c1noc(C2CC2)c1COc1ccc(C2(O)CC(c3cc(C(=O)O)ccn3)C2)c(Cl)c1. The molecule has 0 aliphatic heterocycles. The average Bonchev–Trinajstić information content (AvgIpc) is 3.66. The van der Waals surface area contributed by atoms with E-state index in [9.17, 15) is 15.0 Å². The first kappa shape index (κ1) is 25.9. The van der Waals surface area contributed by atoms with Crippen LogP contribution < -0.4 is 4.74 Å². The molecule has 2 aliphatic rings. The number of aryl methyl sites for hydroxylation is 1. The maximum Gasteiger partial charge on any atom is 0.335 e. The number of hydrogen-bond acceptors (Lipinski definition) is 6. The molecule has 2 aliphatic carbocycles. The highest BCUT2D eigenvalue weighted by atomic mass is 35.5. The highest BCUT2D eigenvalue weighted by molar-refractivity contribution is 6.33. The van der Waals surface area contributed by atoms with E-state index in [4.69, 9.17) is 32.5 Å². The third-order valence-corrected chi connectivity index (χ3v) is 8.29. The monoisotopic (exact) mass is 564 g/mol. The van der Waals surface area contributed by atoms with Crippen LogP contribution in [0.3, 0.4) is 0 Å². The van der Waals surface area contributed by atoms with Crippen LogP contribution in [0.4, 0.5) is 0 Å². The lowest BCUT2D eigenvalue weighted by Crippen LogP contribution is -2.40. The molecule has 200 valence electrons. The first-order valence-electron chi connectivity index (χ1n) is 12.8. The average molecular weight is 565 g/mol. The minimum Gasteiger partial charge on any atom is -0.489 e.